The molecule has 3 heteroatoms. The van der Waals surface area contributed by atoms with E-state index in [4.69, 9.17) is 16.4 Å². The number of hydrogen-bond acceptors (Lipinski definition) is 3. The maximum Gasteiger partial charge on any atom is 0.233 e. The quantitative estimate of drug-likeness (QED) is 0.733. The van der Waals surface area contributed by atoms with E-state index >= 15 is 0 Å². The molecule has 0 spiro atoms. The Morgan fingerprint density at radius 2 is 2.18 bits per heavy atom. The number of ether oxygens (including phenoxy) is 1. The number of fused-ring (bicyclic) bond motifs is 1. The molecular formula is C14H10N2O. The number of nitrogens with zero attached hydrogens (tertiary/aromatic N) is 2. The first kappa shape index (κ1) is 11.0. The summed E-state index contributed by atoms with van der Waals surface area (Å²) in [5.74, 6) is 2.73. The molecule has 0 aliphatic rings. The van der Waals surface area contributed by atoms with Crippen molar-refractivity contribution in [3.63, 3.8) is 0 Å². The molecule has 0 aliphatic heterocycles. The number of hydrogen-bond donors (Lipinski definition) is 0. The molecule has 0 fully saturated rings. The molecule has 1 unspecified atom stereocenters. The second-order valence-electron chi connectivity index (χ2n) is 3.57. The number of aromatic nitrogens is 1. The number of nitriles is 1. The number of benzene rings is 1. The Balaban J connectivity index is 2.55. The van der Waals surface area contributed by atoms with Gasteiger partial charge in [0.05, 0.1) is 5.52 Å². The fraction of sp³-hybridized carbons (Fsp3) is 0.143. The van der Waals surface area contributed by atoms with Gasteiger partial charge in [-0.2, -0.15) is 5.26 Å². The van der Waals surface area contributed by atoms with Gasteiger partial charge in [-0.05, 0) is 19.1 Å². The fourth-order valence-electron chi connectivity index (χ4n) is 1.47. The van der Waals surface area contributed by atoms with Gasteiger partial charge in [0.25, 0.3) is 0 Å². The summed E-state index contributed by atoms with van der Waals surface area (Å²) in [5.41, 5.74) is 1.18. The third kappa shape index (κ3) is 2.19. The van der Waals surface area contributed by atoms with Gasteiger partial charge < -0.3 is 4.74 Å². The lowest BCUT2D eigenvalue weighted by Gasteiger charge is -2.10. The van der Waals surface area contributed by atoms with Crippen molar-refractivity contribution in [1.82, 2.24) is 4.98 Å². The zero-order valence-corrected chi connectivity index (χ0v) is 9.34. The molecule has 3 nitrogen and oxygen atoms in total. The molecule has 1 heterocycles. The molecule has 1 aromatic heterocycles. The highest BCUT2D eigenvalue weighted by molar-refractivity contribution is 5.80. The summed E-state index contributed by atoms with van der Waals surface area (Å²) in [6, 6.07) is 11.4. The molecule has 1 atom stereocenters. The highest BCUT2D eigenvalue weighted by Gasteiger charge is 2.09. The second kappa shape index (κ2) is 4.55. The molecule has 82 valence electrons. The molecule has 0 aliphatic carbocycles. The molecule has 0 bridgehead atoms. The SMILES string of the molecule is C#CC(C)Oc1nc2ccccc2cc1C#N. The molecule has 0 amide bonds. The van der Waals surface area contributed by atoms with Gasteiger partial charge in [-0.3, -0.25) is 0 Å². The Labute approximate surface area is 99.7 Å². The normalized spacial score (nSPS) is 11.5. The Morgan fingerprint density at radius 3 is 2.88 bits per heavy atom. The van der Waals surface area contributed by atoms with E-state index in [0.29, 0.717) is 5.56 Å². The van der Waals surface area contributed by atoms with Gasteiger partial charge >= 0.3 is 0 Å². The van der Waals surface area contributed by atoms with Crippen LogP contribution >= 0.6 is 0 Å². The number of pyridine rings is 1. The minimum Gasteiger partial charge on any atom is -0.460 e. The van der Waals surface area contributed by atoms with Crippen LogP contribution in [0.3, 0.4) is 0 Å². The Bertz CT molecular complexity index is 635. The summed E-state index contributed by atoms with van der Waals surface area (Å²) in [7, 11) is 0. The third-order valence-corrected chi connectivity index (χ3v) is 2.33. The molecular weight excluding hydrogens is 212 g/mol. The van der Waals surface area contributed by atoms with E-state index < -0.39 is 6.10 Å². The number of rotatable bonds is 2. The number of para-hydroxylation sites is 1. The van der Waals surface area contributed by atoms with E-state index in [0.717, 1.165) is 10.9 Å². The first-order valence-corrected chi connectivity index (χ1v) is 5.17. The van der Waals surface area contributed by atoms with Gasteiger partial charge in [0.1, 0.15) is 11.6 Å². The Kier molecular flexibility index (Phi) is 2.94. The smallest absolute Gasteiger partial charge is 0.233 e. The predicted molar refractivity (Wildman–Crippen MR) is 65.4 cm³/mol. The summed E-state index contributed by atoms with van der Waals surface area (Å²) < 4.78 is 5.42. The van der Waals surface area contributed by atoms with Crippen molar-refractivity contribution in [1.29, 1.82) is 5.26 Å². The number of terminal acetylenes is 1. The van der Waals surface area contributed by atoms with Crippen LogP contribution in [0.25, 0.3) is 10.9 Å². The second-order valence-corrected chi connectivity index (χ2v) is 3.57. The summed E-state index contributed by atoms with van der Waals surface area (Å²) in [6.45, 7) is 1.73. The monoisotopic (exact) mass is 222 g/mol. The van der Waals surface area contributed by atoms with Gasteiger partial charge in [-0.25, -0.2) is 4.98 Å². The largest absolute Gasteiger partial charge is 0.460 e. The van der Waals surface area contributed by atoms with E-state index in [1.54, 1.807) is 13.0 Å². The molecule has 0 saturated carbocycles. The standard InChI is InChI=1S/C14H10N2O/c1-3-10(2)17-14-12(9-15)8-11-6-4-5-7-13(11)16-14/h1,4-8,10H,2H3. The average Bonchev–Trinajstić information content (AvgIpc) is 2.37. The van der Waals surface area contributed by atoms with Crippen LogP contribution in [0.2, 0.25) is 0 Å². The Morgan fingerprint density at radius 1 is 1.41 bits per heavy atom. The van der Waals surface area contributed by atoms with E-state index in [2.05, 4.69) is 17.0 Å². The molecule has 2 aromatic rings. The topological polar surface area (TPSA) is 45.9 Å². The van der Waals surface area contributed by atoms with Crippen molar-refractivity contribution < 1.29 is 4.74 Å². The fourth-order valence-corrected chi connectivity index (χ4v) is 1.47. The van der Waals surface area contributed by atoms with Crippen LogP contribution in [0.4, 0.5) is 0 Å². The summed E-state index contributed by atoms with van der Waals surface area (Å²) >= 11 is 0. The van der Waals surface area contributed by atoms with Crippen LogP contribution in [0.5, 0.6) is 5.88 Å². The molecule has 2 rings (SSSR count). The lowest BCUT2D eigenvalue weighted by atomic mass is 10.1. The van der Waals surface area contributed by atoms with Gasteiger partial charge in [0, 0.05) is 5.39 Å². The highest BCUT2D eigenvalue weighted by atomic mass is 16.5. The maximum atomic E-state index is 9.04. The van der Waals surface area contributed by atoms with Crippen LogP contribution in [-0.2, 0) is 0 Å². The molecule has 0 saturated heterocycles. The zero-order valence-electron chi connectivity index (χ0n) is 9.34. The minimum atomic E-state index is -0.407. The summed E-state index contributed by atoms with van der Waals surface area (Å²) in [4.78, 5) is 4.29. The van der Waals surface area contributed by atoms with Crippen molar-refractivity contribution in [2.45, 2.75) is 13.0 Å². The summed E-state index contributed by atoms with van der Waals surface area (Å²) in [6.07, 6.45) is 4.83. The Hall–Kier alpha value is -2.52. The molecule has 17 heavy (non-hydrogen) atoms. The van der Waals surface area contributed by atoms with E-state index in [1.165, 1.54) is 0 Å². The van der Waals surface area contributed by atoms with Gasteiger partial charge in [0.15, 0.2) is 6.10 Å². The summed E-state index contributed by atoms with van der Waals surface area (Å²) in [5, 5.41) is 9.95. The minimum absolute atomic E-state index is 0.289. The van der Waals surface area contributed by atoms with E-state index in [1.807, 2.05) is 24.3 Å². The maximum absolute atomic E-state index is 9.04. The van der Waals surface area contributed by atoms with Gasteiger partial charge in [0.2, 0.25) is 5.88 Å². The van der Waals surface area contributed by atoms with Crippen molar-refractivity contribution in [2.24, 2.45) is 0 Å². The lowest BCUT2D eigenvalue weighted by Crippen LogP contribution is -2.10. The van der Waals surface area contributed by atoms with Crippen LogP contribution in [0.15, 0.2) is 30.3 Å². The van der Waals surface area contributed by atoms with Crippen molar-refractivity contribution in [3.05, 3.63) is 35.9 Å². The van der Waals surface area contributed by atoms with Gasteiger partial charge in [-0.1, -0.05) is 24.1 Å². The van der Waals surface area contributed by atoms with Crippen molar-refractivity contribution >= 4 is 10.9 Å². The third-order valence-electron chi connectivity index (χ3n) is 2.33. The molecule has 0 radical (unpaired) electrons. The van der Waals surface area contributed by atoms with Crippen LogP contribution in [0.1, 0.15) is 12.5 Å². The van der Waals surface area contributed by atoms with Crippen LogP contribution in [-0.4, -0.2) is 11.1 Å². The molecule has 0 N–H and O–H groups in total. The lowest BCUT2D eigenvalue weighted by molar-refractivity contribution is 0.268. The van der Waals surface area contributed by atoms with E-state index in [9.17, 15) is 0 Å². The zero-order chi connectivity index (χ0) is 12.3. The molecule has 1 aromatic carbocycles. The van der Waals surface area contributed by atoms with Crippen LogP contribution < -0.4 is 4.74 Å². The predicted octanol–water partition coefficient (Wildman–Crippen LogP) is 2.51. The van der Waals surface area contributed by atoms with Crippen molar-refractivity contribution in [2.75, 3.05) is 0 Å². The average molecular weight is 222 g/mol. The first-order valence-electron chi connectivity index (χ1n) is 5.17. The highest BCUT2D eigenvalue weighted by Crippen LogP contribution is 2.22. The van der Waals surface area contributed by atoms with E-state index in [-0.39, 0.29) is 5.88 Å². The first-order chi connectivity index (χ1) is 8.24. The van der Waals surface area contributed by atoms with Crippen LogP contribution in [0, 0.1) is 23.7 Å². The van der Waals surface area contributed by atoms with Crippen molar-refractivity contribution in [3.8, 4) is 24.3 Å². The van der Waals surface area contributed by atoms with Gasteiger partial charge in [-0.15, -0.1) is 6.42 Å².